The van der Waals surface area contributed by atoms with Crippen LogP contribution in [0.25, 0.3) is 0 Å². The molecule has 0 bridgehead atoms. The fourth-order valence-electron chi connectivity index (χ4n) is 2.65. The minimum atomic E-state index is -4.75. The molecule has 25 heavy (non-hydrogen) atoms. The van der Waals surface area contributed by atoms with Crippen molar-refractivity contribution in [3.63, 3.8) is 0 Å². The van der Waals surface area contributed by atoms with Crippen LogP contribution in [0, 0.1) is 0 Å². The molecule has 2 aromatic rings. The number of carbonyl (C=O) groups excluding carboxylic acids is 1. The number of halogens is 3. The standard InChI is InChI=1S/C18H16F3NO2S/c1-12-10-11-22(15-4-2-3-5-16(15)25-12)17(23)13-6-8-14(9-7-13)24-18(19,20)21/h2-9,12H,10-11H2,1H3/t12-/m0/s1. The van der Waals surface area contributed by atoms with Crippen LogP contribution < -0.4 is 9.64 Å². The number of hydrogen-bond donors (Lipinski definition) is 0. The minimum Gasteiger partial charge on any atom is -0.406 e. The van der Waals surface area contributed by atoms with Gasteiger partial charge in [0.1, 0.15) is 5.75 Å². The first-order valence-electron chi connectivity index (χ1n) is 7.77. The Kier molecular flexibility index (Phi) is 4.94. The third-order valence-electron chi connectivity index (χ3n) is 3.82. The maximum atomic E-state index is 12.9. The summed E-state index contributed by atoms with van der Waals surface area (Å²) in [5.74, 6) is -0.579. The number of hydrogen-bond acceptors (Lipinski definition) is 3. The number of anilines is 1. The molecule has 132 valence electrons. The lowest BCUT2D eigenvalue weighted by molar-refractivity contribution is -0.274. The number of nitrogens with zero attached hydrogens (tertiary/aromatic N) is 1. The molecule has 3 nitrogen and oxygen atoms in total. The van der Waals surface area contributed by atoms with Gasteiger partial charge in [0.15, 0.2) is 0 Å². The van der Waals surface area contributed by atoms with Crippen molar-refractivity contribution in [2.24, 2.45) is 0 Å². The summed E-state index contributed by atoms with van der Waals surface area (Å²) in [6, 6.07) is 12.7. The van der Waals surface area contributed by atoms with E-state index in [1.807, 2.05) is 24.3 Å². The number of fused-ring (bicyclic) bond motifs is 1. The molecule has 0 radical (unpaired) electrons. The Morgan fingerprint density at radius 1 is 1.16 bits per heavy atom. The highest BCUT2D eigenvalue weighted by molar-refractivity contribution is 8.00. The summed E-state index contributed by atoms with van der Waals surface area (Å²) in [5, 5.41) is 0.376. The lowest BCUT2D eigenvalue weighted by atomic mass is 10.1. The Morgan fingerprint density at radius 2 is 1.84 bits per heavy atom. The molecule has 0 N–H and O–H groups in total. The second-order valence-electron chi connectivity index (χ2n) is 5.71. The maximum Gasteiger partial charge on any atom is 0.573 e. The topological polar surface area (TPSA) is 29.5 Å². The van der Waals surface area contributed by atoms with Crippen molar-refractivity contribution in [2.75, 3.05) is 11.4 Å². The third kappa shape index (κ3) is 4.28. The van der Waals surface area contributed by atoms with Crippen LogP contribution >= 0.6 is 11.8 Å². The van der Waals surface area contributed by atoms with Crippen LogP contribution in [0.4, 0.5) is 18.9 Å². The second kappa shape index (κ2) is 7.00. The Labute approximate surface area is 147 Å². The van der Waals surface area contributed by atoms with E-state index in [0.29, 0.717) is 17.4 Å². The number of thioether (sulfide) groups is 1. The number of ether oxygens (including phenoxy) is 1. The molecule has 7 heteroatoms. The molecule has 0 spiro atoms. The van der Waals surface area contributed by atoms with Gasteiger partial charge in [-0.3, -0.25) is 4.79 Å². The molecule has 0 unspecified atom stereocenters. The van der Waals surface area contributed by atoms with E-state index in [0.717, 1.165) is 29.1 Å². The predicted octanol–water partition coefficient (Wildman–Crippen LogP) is 5.12. The predicted molar refractivity (Wildman–Crippen MR) is 91.2 cm³/mol. The number of benzene rings is 2. The summed E-state index contributed by atoms with van der Waals surface area (Å²) in [7, 11) is 0. The molecular formula is C18H16F3NO2S. The molecule has 0 saturated heterocycles. The van der Waals surface area contributed by atoms with Gasteiger partial charge < -0.3 is 9.64 Å². The number of rotatable bonds is 2. The monoisotopic (exact) mass is 367 g/mol. The summed E-state index contributed by atoms with van der Waals surface area (Å²) in [6.07, 6.45) is -3.91. The van der Waals surface area contributed by atoms with Gasteiger partial charge in [0.25, 0.3) is 5.91 Å². The lowest BCUT2D eigenvalue weighted by Gasteiger charge is -2.22. The van der Waals surface area contributed by atoms with Crippen LogP contribution in [-0.4, -0.2) is 24.1 Å². The Hall–Kier alpha value is -2.15. The van der Waals surface area contributed by atoms with E-state index in [-0.39, 0.29) is 11.7 Å². The molecule has 1 atom stereocenters. The highest BCUT2D eigenvalue weighted by atomic mass is 32.2. The van der Waals surface area contributed by atoms with E-state index >= 15 is 0 Å². The minimum absolute atomic E-state index is 0.235. The van der Waals surface area contributed by atoms with E-state index in [1.165, 1.54) is 12.1 Å². The molecule has 0 fully saturated rings. The van der Waals surface area contributed by atoms with Gasteiger partial charge in [-0.15, -0.1) is 24.9 Å². The first kappa shape index (κ1) is 17.7. The summed E-state index contributed by atoms with van der Waals surface area (Å²) < 4.78 is 40.6. The van der Waals surface area contributed by atoms with E-state index in [2.05, 4.69) is 11.7 Å². The molecular weight excluding hydrogens is 351 g/mol. The van der Waals surface area contributed by atoms with Crippen LogP contribution in [0.2, 0.25) is 0 Å². The Morgan fingerprint density at radius 3 is 2.52 bits per heavy atom. The van der Waals surface area contributed by atoms with Crippen LogP contribution in [-0.2, 0) is 0 Å². The average molecular weight is 367 g/mol. The zero-order valence-electron chi connectivity index (χ0n) is 13.4. The van der Waals surface area contributed by atoms with Crippen molar-refractivity contribution in [2.45, 2.75) is 29.9 Å². The number of alkyl halides is 3. The van der Waals surface area contributed by atoms with Crippen LogP contribution in [0.1, 0.15) is 23.7 Å². The molecule has 0 aliphatic carbocycles. The van der Waals surface area contributed by atoms with Gasteiger partial charge in [-0.1, -0.05) is 19.1 Å². The molecule has 0 saturated carbocycles. The zero-order valence-corrected chi connectivity index (χ0v) is 14.2. The second-order valence-corrected chi connectivity index (χ2v) is 7.19. The van der Waals surface area contributed by atoms with Crippen LogP contribution in [0.15, 0.2) is 53.4 Å². The third-order valence-corrected chi connectivity index (χ3v) is 5.06. The first-order chi connectivity index (χ1) is 11.8. The average Bonchev–Trinajstić information content (AvgIpc) is 2.71. The largest absolute Gasteiger partial charge is 0.573 e. The van der Waals surface area contributed by atoms with E-state index < -0.39 is 6.36 Å². The van der Waals surface area contributed by atoms with Crippen molar-refractivity contribution < 1.29 is 22.7 Å². The highest BCUT2D eigenvalue weighted by Crippen LogP contribution is 2.38. The number of amides is 1. The summed E-state index contributed by atoms with van der Waals surface area (Å²) in [6.45, 7) is 2.67. The molecule has 0 aromatic heterocycles. The van der Waals surface area contributed by atoms with Gasteiger partial charge in [-0.25, -0.2) is 0 Å². The molecule has 1 amide bonds. The fraction of sp³-hybridized carbons (Fsp3) is 0.278. The van der Waals surface area contributed by atoms with Crippen molar-refractivity contribution in [1.29, 1.82) is 0 Å². The van der Waals surface area contributed by atoms with E-state index in [1.54, 1.807) is 16.7 Å². The maximum absolute atomic E-state index is 12.9. The normalized spacial score (nSPS) is 17.6. The van der Waals surface area contributed by atoms with Gasteiger partial charge >= 0.3 is 6.36 Å². The van der Waals surface area contributed by atoms with E-state index in [9.17, 15) is 18.0 Å². The molecule has 1 aliphatic heterocycles. The first-order valence-corrected chi connectivity index (χ1v) is 8.65. The fourth-order valence-corrected chi connectivity index (χ4v) is 3.77. The number of para-hydroxylation sites is 1. The van der Waals surface area contributed by atoms with Crippen molar-refractivity contribution in [3.05, 3.63) is 54.1 Å². The quantitative estimate of drug-likeness (QED) is 0.738. The molecule has 3 rings (SSSR count). The van der Waals surface area contributed by atoms with Crippen LogP contribution in [0.3, 0.4) is 0 Å². The van der Waals surface area contributed by atoms with E-state index in [4.69, 9.17) is 0 Å². The van der Waals surface area contributed by atoms with Crippen molar-refractivity contribution in [1.82, 2.24) is 0 Å². The van der Waals surface area contributed by atoms with Gasteiger partial charge in [-0.2, -0.15) is 0 Å². The smallest absolute Gasteiger partial charge is 0.406 e. The Bertz CT molecular complexity index is 762. The SMILES string of the molecule is C[C@H]1CCN(C(=O)c2ccc(OC(F)(F)F)cc2)c2ccccc2S1. The van der Waals surface area contributed by atoms with Crippen molar-refractivity contribution in [3.8, 4) is 5.75 Å². The van der Waals surface area contributed by atoms with Gasteiger partial charge in [-0.05, 0) is 42.8 Å². The summed E-state index contributed by atoms with van der Waals surface area (Å²) in [4.78, 5) is 15.6. The summed E-state index contributed by atoms with van der Waals surface area (Å²) >= 11 is 1.72. The van der Waals surface area contributed by atoms with Gasteiger partial charge in [0.05, 0.1) is 5.69 Å². The molecule has 1 aliphatic rings. The van der Waals surface area contributed by atoms with Gasteiger partial charge in [0, 0.05) is 22.3 Å². The molecule has 1 heterocycles. The van der Waals surface area contributed by atoms with Crippen molar-refractivity contribution >= 4 is 23.4 Å². The zero-order chi connectivity index (χ0) is 18.0. The lowest BCUT2D eigenvalue weighted by Crippen LogP contribution is -2.32. The van der Waals surface area contributed by atoms with Gasteiger partial charge in [0.2, 0.25) is 0 Å². The highest BCUT2D eigenvalue weighted by Gasteiger charge is 2.31. The Balaban J connectivity index is 1.85. The number of carbonyl (C=O) groups is 1. The van der Waals surface area contributed by atoms with Crippen LogP contribution in [0.5, 0.6) is 5.75 Å². The molecule has 2 aromatic carbocycles. The summed E-state index contributed by atoms with van der Waals surface area (Å²) in [5.41, 5.74) is 1.15.